The maximum atomic E-state index is 12.7. The maximum absolute atomic E-state index is 12.7. The van der Waals surface area contributed by atoms with Crippen molar-refractivity contribution >= 4 is 23.2 Å². The molecule has 2 amide bonds. The molecule has 0 radical (unpaired) electrons. The van der Waals surface area contributed by atoms with E-state index >= 15 is 0 Å². The highest BCUT2D eigenvalue weighted by Crippen LogP contribution is 2.33. The molecule has 1 unspecified atom stereocenters. The molecule has 1 atom stereocenters. The number of amides is 2. The van der Waals surface area contributed by atoms with E-state index in [4.69, 9.17) is 0 Å². The summed E-state index contributed by atoms with van der Waals surface area (Å²) in [6.07, 6.45) is 5.97. The maximum Gasteiger partial charge on any atom is 0.263 e. The predicted octanol–water partition coefficient (Wildman–Crippen LogP) is 3.80. The number of aryl methyl sites for hydroxylation is 1. The molecule has 2 aliphatic rings. The molecular formula is C22H26N2O2S. The summed E-state index contributed by atoms with van der Waals surface area (Å²) in [5.41, 5.74) is 2.32. The molecular weight excluding hydrogens is 356 g/mol. The lowest BCUT2D eigenvalue weighted by Gasteiger charge is -2.26. The Labute approximate surface area is 164 Å². The molecule has 0 bridgehead atoms. The summed E-state index contributed by atoms with van der Waals surface area (Å²) in [5, 5.41) is 3.07. The number of nitrogens with one attached hydrogen (secondary N) is 1. The number of hydrogen-bond donors (Lipinski definition) is 1. The molecule has 1 aliphatic carbocycles. The van der Waals surface area contributed by atoms with E-state index in [1.54, 1.807) is 11.3 Å². The molecule has 0 saturated carbocycles. The number of piperidine rings is 1. The molecule has 142 valence electrons. The number of fused-ring (bicyclic) bond motifs is 1. The first-order chi connectivity index (χ1) is 13.2. The first kappa shape index (κ1) is 18.2. The molecule has 1 aromatic heterocycles. The molecule has 5 heteroatoms. The third-order valence-corrected chi connectivity index (χ3v) is 6.84. The van der Waals surface area contributed by atoms with Crippen LogP contribution in [0.2, 0.25) is 0 Å². The van der Waals surface area contributed by atoms with Crippen LogP contribution in [0, 0.1) is 5.92 Å². The van der Waals surface area contributed by atoms with Crippen LogP contribution in [0.25, 0.3) is 0 Å². The molecule has 4 nitrogen and oxygen atoms in total. The second-order valence-electron chi connectivity index (χ2n) is 7.56. The number of likely N-dealkylation sites (tertiary alicyclic amines) is 1. The number of benzene rings is 1. The molecule has 27 heavy (non-hydrogen) atoms. The lowest BCUT2D eigenvalue weighted by molar-refractivity contribution is -0.125. The van der Waals surface area contributed by atoms with Gasteiger partial charge < -0.3 is 10.2 Å². The van der Waals surface area contributed by atoms with Crippen molar-refractivity contribution in [2.75, 3.05) is 13.1 Å². The van der Waals surface area contributed by atoms with Crippen LogP contribution in [0.3, 0.4) is 0 Å². The van der Waals surface area contributed by atoms with E-state index < -0.39 is 0 Å². The van der Waals surface area contributed by atoms with Crippen molar-refractivity contribution in [1.82, 2.24) is 10.2 Å². The summed E-state index contributed by atoms with van der Waals surface area (Å²) in [7, 11) is 0. The van der Waals surface area contributed by atoms with E-state index in [0.717, 1.165) is 55.6 Å². The Morgan fingerprint density at radius 3 is 2.67 bits per heavy atom. The fourth-order valence-corrected chi connectivity index (χ4v) is 5.21. The molecule has 1 saturated heterocycles. The van der Waals surface area contributed by atoms with Crippen molar-refractivity contribution in [3.05, 3.63) is 57.3 Å². The van der Waals surface area contributed by atoms with Crippen LogP contribution >= 0.6 is 11.3 Å². The average Bonchev–Trinajstić information content (AvgIpc) is 3.16. The van der Waals surface area contributed by atoms with Gasteiger partial charge in [-0.15, -0.1) is 11.3 Å². The number of thiophene rings is 1. The Morgan fingerprint density at radius 2 is 1.89 bits per heavy atom. The minimum absolute atomic E-state index is 0.00810. The SMILES string of the molecule is O=C(NCc1ccccc1)C1CCc2sc(C(=O)N3CCCCC3)cc2C1. The first-order valence-electron chi connectivity index (χ1n) is 9.93. The number of rotatable bonds is 4. The molecule has 1 N–H and O–H groups in total. The van der Waals surface area contributed by atoms with Gasteiger partial charge in [-0.2, -0.15) is 0 Å². The highest BCUT2D eigenvalue weighted by atomic mass is 32.1. The summed E-state index contributed by atoms with van der Waals surface area (Å²) in [6.45, 7) is 2.34. The van der Waals surface area contributed by atoms with Gasteiger partial charge in [-0.3, -0.25) is 9.59 Å². The number of carbonyl (C=O) groups is 2. The monoisotopic (exact) mass is 382 g/mol. The Kier molecular flexibility index (Phi) is 5.58. The molecule has 1 aliphatic heterocycles. The van der Waals surface area contributed by atoms with E-state index in [9.17, 15) is 9.59 Å². The van der Waals surface area contributed by atoms with Gasteiger partial charge in [-0.25, -0.2) is 0 Å². The van der Waals surface area contributed by atoms with Gasteiger partial charge in [0.15, 0.2) is 0 Å². The van der Waals surface area contributed by atoms with Gasteiger partial charge in [-0.1, -0.05) is 30.3 Å². The fraction of sp³-hybridized carbons (Fsp3) is 0.455. The van der Waals surface area contributed by atoms with E-state index in [-0.39, 0.29) is 17.7 Å². The Hall–Kier alpha value is -2.14. The summed E-state index contributed by atoms with van der Waals surface area (Å²) >= 11 is 1.64. The van der Waals surface area contributed by atoms with Crippen LogP contribution in [0.15, 0.2) is 36.4 Å². The Bertz CT molecular complexity index is 809. The van der Waals surface area contributed by atoms with E-state index in [1.807, 2.05) is 41.3 Å². The standard InChI is InChI=1S/C22H26N2O2S/c25-21(23-15-16-7-3-1-4-8-16)17-9-10-19-18(13-17)14-20(27-19)22(26)24-11-5-2-6-12-24/h1,3-4,7-8,14,17H,2,5-6,9-13,15H2,(H,23,25). The zero-order chi connectivity index (χ0) is 18.6. The van der Waals surface area contributed by atoms with Gasteiger partial charge >= 0.3 is 0 Å². The predicted molar refractivity (Wildman–Crippen MR) is 108 cm³/mol. The van der Waals surface area contributed by atoms with E-state index in [0.29, 0.717) is 6.54 Å². The summed E-state index contributed by atoms with van der Waals surface area (Å²) in [5.74, 6) is 0.313. The van der Waals surface area contributed by atoms with Gasteiger partial charge in [0, 0.05) is 30.4 Å². The highest BCUT2D eigenvalue weighted by molar-refractivity contribution is 7.14. The van der Waals surface area contributed by atoms with Gasteiger partial charge in [0.05, 0.1) is 4.88 Å². The van der Waals surface area contributed by atoms with Crippen molar-refractivity contribution < 1.29 is 9.59 Å². The summed E-state index contributed by atoms with van der Waals surface area (Å²) in [6, 6.07) is 12.1. The van der Waals surface area contributed by atoms with Crippen LogP contribution < -0.4 is 5.32 Å². The molecule has 1 aromatic carbocycles. The highest BCUT2D eigenvalue weighted by Gasteiger charge is 2.28. The molecule has 0 spiro atoms. The van der Waals surface area contributed by atoms with E-state index in [1.165, 1.54) is 16.9 Å². The van der Waals surface area contributed by atoms with E-state index in [2.05, 4.69) is 5.32 Å². The third-order valence-electron chi connectivity index (χ3n) is 5.62. The molecule has 4 rings (SSSR count). The second kappa shape index (κ2) is 8.26. The van der Waals surface area contributed by atoms with Crippen molar-refractivity contribution in [2.24, 2.45) is 5.92 Å². The smallest absolute Gasteiger partial charge is 0.263 e. The van der Waals surface area contributed by atoms with Crippen LogP contribution in [0.1, 0.15) is 51.4 Å². The normalized spacial score (nSPS) is 19.4. The van der Waals surface area contributed by atoms with Crippen LogP contribution in [-0.2, 0) is 24.2 Å². The number of carbonyl (C=O) groups excluding carboxylic acids is 2. The van der Waals surface area contributed by atoms with Crippen LogP contribution in [-0.4, -0.2) is 29.8 Å². The fourth-order valence-electron chi connectivity index (χ4n) is 4.04. The average molecular weight is 383 g/mol. The largest absolute Gasteiger partial charge is 0.352 e. The van der Waals surface area contributed by atoms with Crippen molar-refractivity contribution in [3.63, 3.8) is 0 Å². The van der Waals surface area contributed by atoms with Crippen LogP contribution in [0.5, 0.6) is 0 Å². The molecule has 2 heterocycles. The van der Waals surface area contributed by atoms with Crippen molar-refractivity contribution in [3.8, 4) is 0 Å². The summed E-state index contributed by atoms with van der Waals surface area (Å²) in [4.78, 5) is 29.5. The van der Waals surface area contributed by atoms with Crippen LogP contribution in [0.4, 0.5) is 0 Å². The first-order valence-corrected chi connectivity index (χ1v) is 10.7. The quantitative estimate of drug-likeness (QED) is 0.874. The number of nitrogens with zero attached hydrogens (tertiary/aromatic N) is 1. The zero-order valence-corrected chi connectivity index (χ0v) is 16.4. The van der Waals surface area contributed by atoms with Crippen molar-refractivity contribution in [1.29, 1.82) is 0 Å². The molecule has 1 fully saturated rings. The second-order valence-corrected chi connectivity index (χ2v) is 8.69. The van der Waals surface area contributed by atoms with Gasteiger partial charge in [-0.05, 0) is 55.7 Å². The number of hydrogen-bond acceptors (Lipinski definition) is 3. The Morgan fingerprint density at radius 1 is 1.11 bits per heavy atom. The minimum atomic E-state index is 0.00810. The zero-order valence-electron chi connectivity index (χ0n) is 15.6. The third kappa shape index (κ3) is 4.24. The van der Waals surface area contributed by atoms with Crippen molar-refractivity contribution in [2.45, 2.75) is 45.1 Å². The molecule has 2 aromatic rings. The van der Waals surface area contributed by atoms with Gasteiger partial charge in [0.2, 0.25) is 5.91 Å². The van der Waals surface area contributed by atoms with Gasteiger partial charge in [0.1, 0.15) is 0 Å². The minimum Gasteiger partial charge on any atom is -0.352 e. The lowest BCUT2D eigenvalue weighted by atomic mass is 9.87. The summed E-state index contributed by atoms with van der Waals surface area (Å²) < 4.78 is 0. The topological polar surface area (TPSA) is 49.4 Å². The Balaban J connectivity index is 1.37. The lowest BCUT2D eigenvalue weighted by Crippen LogP contribution is -2.35. The van der Waals surface area contributed by atoms with Gasteiger partial charge in [0.25, 0.3) is 5.91 Å².